The molecule has 0 aliphatic carbocycles. The van der Waals surface area contributed by atoms with E-state index in [1.165, 1.54) is 19.1 Å². The Morgan fingerprint density at radius 1 is 1.33 bits per heavy atom. The molecule has 1 rings (SSSR count). The van der Waals surface area contributed by atoms with Crippen LogP contribution in [0.1, 0.15) is 11.1 Å². The Labute approximate surface area is 68.7 Å². The van der Waals surface area contributed by atoms with Gasteiger partial charge in [0.05, 0.1) is 6.21 Å². The standard InChI is InChI=1S/C8H8F2N2/c1-5-2-3-6(4-12-11)8(10)7(5)9/h2-4H,11H2,1H3. The molecule has 0 spiro atoms. The molecule has 0 aliphatic rings. The van der Waals surface area contributed by atoms with Crippen LogP contribution in [0.4, 0.5) is 8.78 Å². The SMILES string of the molecule is Cc1ccc(C=NN)c(F)c1F. The summed E-state index contributed by atoms with van der Waals surface area (Å²) in [6.45, 7) is 1.49. The lowest BCUT2D eigenvalue weighted by Gasteiger charge is -1.99. The van der Waals surface area contributed by atoms with E-state index in [1.54, 1.807) is 0 Å². The summed E-state index contributed by atoms with van der Waals surface area (Å²) in [7, 11) is 0. The maximum absolute atomic E-state index is 12.9. The van der Waals surface area contributed by atoms with Gasteiger partial charge < -0.3 is 5.84 Å². The molecule has 64 valence electrons. The molecule has 0 aromatic heterocycles. The van der Waals surface area contributed by atoms with Gasteiger partial charge in [0.15, 0.2) is 11.6 Å². The quantitative estimate of drug-likeness (QED) is 0.387. The van der Waals surface area contributed by atoms with Gasteiger partial charge in [-0.05, 0) is 18.6 Å². The average Bonchev–Trinajstić information content (AvgIpc) is 2.07. The Kier molecular flexibility index (Phi) is 2.38. The Morgan fingerprint density at radius 3 is 2.58 bits per heavy atom. The summed E-state index contributed by atoms with van der Waals surface area (Å²) in [5.74, 6) is 3.03. The first kappa shape index (κ1) is 8.64. The van der Waals surface area contributed by atoms with Crippen molar-refractivity contribution in [2.24, 2.45) is 10.9 Å². The van der Waals surface area contributed by atoms with Crippen LogP contribution in [-0.4, -0.2) is 6.21 Å². The zero-order chi connectivity index (χ0) is 9.14. The normalized spacial score (nSPS) is 10.9. The van der Waals surface area contributed by atoms with E-state index in [0.717, 1.165) is 6.21 Å². The summed E-state index contributed by atoms with van der Waals surface area (Å²) in [5, 5.41) is 3.11. The van der Waals surface area contributed by atoms with Crippen molar-refractivity contribution in [3.8, 4) is 0 Å². The third-order valence-electron chi connectivity index (χ3n) is 1.52. The van der Waals surface area contributed by atoms with Gasteiger partial charge >= 0.3 is 0 Å². The fourth-order valence-corrected chi connectivity index (χ4v) is 0.841. The zero-order valence-corrected chi connectivity index (χ0v) is 6.51. The molecule has 0 unspecified atom stereocenters. The van der Waals surface area contributed by atoms with Crippen molar-refractivity contribution < 1.29 is 8.78 Å². The first-order valence-electron chi connectivity index (χ1n) is 3.34. The molecule has 1 aromatic rings. The van der Waals surface area contributed by atoms with E-state index in [-0.39, 0.29) is 11.1 Å². The van der Waals surface area contributed by atoms with Gasteiger partial charge in [-0.2, -0.15) is 5.10 Å². The molecule has 0 amide bonds. The second kappa shape index (κ2) is 3.30. The molecule has 1 aromatic carbocycles. The molecule has 0 saturated heterocycles. The lowest BCUT2D eigenvalue weighted by Crippen LogP contribution is -1.96. The molecule has 0 heterocycles. The number of hydrazone groups is 1. The van der Waals surface area contributed by atoms with Crippen LogP contribution in [0, 0.1) is 18.6 Å². The predicted molar refractivity (Wildman–Crippen MR) is 42.9 cm³/mol. The maximum Gasteiger partial charge on any atom is 0.167 e. The van der Waals surface area contributed by atoms with Crippen LogP contribution >= 0.6 is 0 Å². The van der Waals surface area contributed by atoms with Gasteiger partial charge in [0.25, 0.3) is 0 Å². The highest BCUT2D eigenvalue weighted by molar-refractivity contribution is 5.79. The van der Waals surface area contributed by atoms with E-state index in [2.05, 4.69) is 5.10 Å². The van der Waals surface area contributed by atoms with Crippen LogP contribution < -0.4 is 5.84 Å². The van der Waals surface area contributed by atoms with Crippen LogP contribution in [0.25, 0.3) is 0 Å². The number of rotatable bonds is 1. The third kappa shape index (κ3) is 1.42. The molecular weight excluding hydrogens is 162 g/mol. The van der Waals surface area contributed by atoms with Crippen LogP contribution in [0.5, 0.6) is 0 Å². The monoisotopic (exact) mass is 170 g/mol. The van der Waals surface area contributed by atoms with Crippen molar-refractivity contribution in [1.29, 1.82) is 0 Å². The molecule has 0 saturated carbocycles. The zero-order valence-electron chi connectivity index (χ0n) is 6.51. The van der Waals surface area contributed by atoms with Gasteiger partial charge in [0.2, 0.25) is 0 Å². The van der Waals surface area contributed by atoms with Crippen LogP contribution in [0.3, 0.4) is 0 Å². The van der Waals surface area contributed by atoms with Crippen LogP contribution in [-0.2, 0) is 0 Å². The highest BCUT2D eigenvalue weighted by Crippen LogP contribution is 2.13. The Morgan fingerprint density at radius 2 is 2.00 bits per heavy atom. The fourth-order valence-electron chi connectivity index (χ4n) is 0.841. The number of hydrogen-bond acceptors (Lipinski definition) is 2. The maximum atomic E-state index is 12.9. The molecule has 12 heavy (non-hydrogen) atoms. The summed E-state index contributed by atoms with van der Waals surface area (Å²) in [6, 6.07) is 2.89. The van der Waals surface area contributed by atoms with E-state index in [9.17, 15) is 8.78 Å². The van der Waals surface area contributed by atoms with E-state index in [4.69, 9.17) is 5.84 Å². The minimum absolute atomic E-state index is 0.0561. The number of benzene rings is 1. The topological polar surface area (TPSA) is 38.4 Å². The van der Waals surface area contributed by atoms with Gasteiger partial charge in [0.1, 0.15) is 0 Å². The van der Waals surface area contributed by atoms with Crippen molar-refractivity contribution in [1.82, 2.24) is 0 Å². The van der Waals surface area contributed by atoms with Crippen LogP contribution in [0.15, 0.2) is 17.2 Å². The number of nitrogens with zero attached hydrogens (tertiary/aromatic N) is 1. The lowest BCUT2D eigenvalue weighted by atomic mass is 10.1. The van der Waals surface area contributed by atoms with Gasteiger partial charge in [-0.1, -0.05) is 6.07 Å². The molecule has 0 fully saturated rings. The summed E-state index contributed by atoms with van der Waals surface area (Å²) in [5.41, 5.74) is 0.322. The third-order valence-corrected chi connectivity index (χ3v) is 1.52. The van der Waals surface area contributed by atoms with Crippen molar-refractivity contribution in [3.05, 3.63) is 34.9 Å². The first-order chi connectivity index (χ1) is 5.66. The van der Waals surface area contributed by atoms with Crippen molar-refractivity contribution >= 4 is 6.21 Å². The summed E-state index contributed by atoms with van der Waals surface area (Å²) in [4.78, 5) is 0. The molecule has 4 heteroatoms. The second-order valence-electron chi connectivity index (χ2n) is 2.38. The van der Waals surface area contributed by atoms with E-state index < -0.39 is 11.6 Å². The minimum Gasteiger partial charge on any atom is -0.323 e. The first-order valence-corrected chi connectivity index (χ1v) is 3.34. The molecular formula is C8H8F2N2. The van der Waals surface area contributed by atoms with Crippen LogP contribution in [0.2, 0.25) is 0 Å². The smallest absolute Gasteiger partial charge is 0.167 e. The number of halogens is 2. The summed E-state index contributed by atoms with van der Waals surface area (Å²) >= 11 is 0. The summed E-state index contributed by atoms with van der Waals surface area (Å²) in [6.07, 6.45) is 1.07. The van der Waals surface area contributed by atoms with Gasteiger partial charge in [-0.25, -0.2) is 8.78 Å². The highest BCUT2D eigenvalue weighted by atomic mass is 19.2. The second-order valence-corrected chi connectivity index (χ2v) is 2.38. The Bertz CT molecular complexity index is 321. The number of nitrogens with two attached hydrogens (primary N) is 1. The van der Waals surface area contributed by atoms with E-state index in [0.29, 0.717) is 0 Å². The molecule has 0 aliphatic heterocycles. The van der Waals surface area contributed by atoms with Gasteiger partial charge in [0, 0.05) is 5.56 Å². The Hall–Kier alpha value is -1.45. The molecule has 2 N–H and O–H groups in total. The Balaban J connectivity index is 3.26. The van der Waals surface area contributed by atoms with Crippen molar-refractivity contribution in [2.45, 2.75) is 6.92 Å². The predicted octanol–water partition coefficient (Wildman–Crippen LogP) is 1.57. The average molecular weight is 170 g/mol. The molecule has 2 nitrogen and oxygen atoms in total. The number of hydrogen-bond donors (Lipinski definition) is 1. The van der Waals surface area contributed by atoms with Gasteiger partial charge in [-0.3, -0.25) is 0 Å². The molecule has 0 atom stereocenters. The minimum atomic E-state index is -0.913. The fraction of sp³-hybridized carbons (Fsp3) is 0.125. The van der Waals surface area contributed by atoms with Gasteiger partial charge in [-0.15, -0.1) is 0 Å². The van der Waals surface area contributed by atoms with E-state index >= 15 is 0 Å². The lowest BCUT2D eigenvalue weighted by molar-refractivity contribution is 0.502. The largest absolute Gasteiger partial charge is 0.323 e. The number of aryl methyl sites for hydroxylation is 1. The van der Waals surface area contributed by atoms with E-state index in [1.807, 2.05) is 0 Å². The summed E-state index contributed by atoms with van der Waals surface area (Å²) < 4.78 is 25.8. The molecule has 0 bridgehead atoms. The van der Waals surface area contributed by atoms with Crippen molar-refractivity contribution in [2.75, 3.05) is 0 Å². The molecule has 0 radical (unpaired) electrons. The highest BCUT2D eigenvalue weighted by Gasteiger charge is 2.08. The van der Waals surface area contributed by atoms with Crippen molar-refractivity contribution in [3.63, 3.8) is 0 Å².